The first-order valence-electron chi connectivity index (χ1n) is 5.98. The van der Waals surface area contributed by atoms with Crippen molar-refractivity contribution >= 4 is 17.5 Å². The highest BCUT2D eigenvalue weighted by molar-refractivity contribution is 6.30. The lowest BCUT2D eigenvalue weighted by molar-refractivity contribution is -0.130. The van der Waals surface area contributed by atoms with E-state index in [1.54, 1.807) is 0 Å². The third kappa shape index (κ3) is 3.72. The van der Waals surface area contributed by atoms with Gasteiger partial charge in [0.2, 0.25) is 5.91 Å². The molecule has 1 heterocycles. The van der Waals surface area contributed by atoms with Crippen molar-refractivity contribution in [2.45, 2.75) is 12.8 Å². The molecule has 1 aliphatic heterocycles. The minimum Gasteiger partial charge on any atom is -0.341 e. The Kier molecular flexibility index (Phi) is 4.40. The van der Waals surface area contributed by atoms with Gasteiger partial charge in [-0.25, -0.2) is 0 Å². The van der Waals surface area contributed by atoms with Gasteiger partial charge in [0.1, 0.15) is 0 Å². The summed E-state index contributed by atoms with van der Waals surface area (Å²) < 4.78 is 0. The number of nitrogens with one attached hydrogen (secondary N) is 1. The van der Waals surface area contributed by atoms with E-state index < -0.39 is 0 Å². The van der Waals surface area contributed by atoms with E-state index in [4.69, 9.17) is 11.6 Å². The maximum Gasteiger partial charge on any atom is 0.227 e. The largest absolute Gasteiger partial charge is 0.341 e. The molecule has 0 aliphatic carbocycles. The van der Waals surface area contributed by atoms with E-state index in [0.29, 0.717) is 11.4 Å². The average Bonchev–Trinajstić information content (AvgIpc) is 2.57. The van der Waals surface area contributed by atoms with Crippen LogP contribution in [0.2, 0.25) is 5.02 Å². The molecule has 4 heteroatoms. The lowest BCUT2D eigenvalue weighted by Gasteiger charge is -2.19. The Balaban J connectivity index is 1.95. The van der Waals surface area contributed by atoms with Crippen molar-refractivity contribution < 1.29 is 4.79 Å². The van der Waals surface area contributed by atoms with E-state index in [0.717, 1.165) is 38.2 Å². The van der Waals surface area contributed by atoms with Gasteiger partial charge in [0.25, 0.3) is 0 Å². The fraction of sp³-hybridized carbons (Fsp3) is 0.462. The van der Waals surface area contributed by atoms with Crippen LogP contribution in [0.4, 0.5) is 0 Å². The van der Waals surface area contributed by atoms with Gasteiger partial charge in [-0.15, -0.1) is 0 Å². The molecule has 0 aromatic heterocycles. The summed E-state index contributed by atoms with van der Waals surface area (Å²) in [5.74, 6) is 0.191. The summed E-state index contributed by atoms with van der Waals surface area (Å²) in [6.45, 7) is 3.55. The number of hydrogen-bond donors (Lipinski definition) is 1. The topological polar surface area (TPSA) is 32.3 Å². The van der Waals surface area contributed by atoms with Crippen molar-refractivity contribution in [2.24, 2.45) is 0 Å². The number of rotatable bonds is 2. The predicted octanol–water partition coefficient (Wildman–Crippen LogP) is 1.70. The molecule has 0 spiro atoms. The lowest BCUT2D eigenvalue weighted by atomic mass is 10.1. The Bertz CT molecular complexity index is 387. The normalized spacial score (nSPS) is 16.6. The highest BCUT2D eigenvalue weighted by Crippen LogP contribution is 2.12. The minimum absolute atomic E-state index is 0.191. The summed E-state index contributed by atoms with van der Waals surface area (Å²) in [7, 11) is 0. The summed E-state index contributed by atoms with van der Waals surface area (Å²) in [6, 6.07) is 7.51. The minimum atomic E-state index is 0.191. The SMILES string of the molecule is O=C(Cc1cccc(Cl)c1)N1CCCNCC1. The average molecular weight is 253 g/mol. The van der Waals surface area contributed by atoms with E-state index in [-0.39, 0.29) is 5.91 Å². The fourth-order valence-electron chi connectivity index (χ4n) is 2.03. The molecule has 1 aromatic carbocycles. The quantitative estimate of drug-likeness (QED) is 0.869. The maximum atomic E-state index is 12.1. The molecule has 3 nitrogen and oxygen atoms in total. The van der Waals surface area contributed by atoms with Gasteiger partial charge < -0.3 is 10.2 Å². The molecule has 0 atom stereocenters. The van der Waals surface area contributed by atoms with Gasteiger partial charge in [-0.2, -0.15) is 0 Å². The molecule has 2 rings (SSSR count). The van der Waals surface area contributed by atoms with E-state index in [1.807, 2.05) is 29.2 Å². The zero-order valence-corrected chi connectivity index (χ0v) is 10.5. The molecule has 17 heavy (non-hydrogen) atoms. The van der Waals surface area contributed by atoms with E-state index in [1.165, 1.54) is 0 Å². The van der Waals surface area contributed by atoms with Crippen molar-refractivity contribution in [3.05, 3.63) is 34.9 Å². The summed E-state index contributed by atoms with van der Waals surface area (Å²) in [5, 5.41) is 3.98. The van der Waals surface area contributed by atoms with Crippen molar-refractivity contribution in [1.29, 1.82) is 0 Å². The van der Waals surface area contributed by atoms with Gasteiger partial charge in [-0.1, -0.05) is 23.7 Å². The van der Waals surface area contributed by atoms with Crippen molar-refractivity contribution in [3.8, 4) is 0 Å². The van der Waals surface area contributed by atoms with Crippen LogP contribution in [0.3, 0.4) is 0 Å². The predicted molar refractivity (Wildman–Crippen MR) is 69.2 cm³/mol. The Morgan fingerprint density at radius 2 is 2.24 bits per heavy atom. The fourth-order valence-corrected chi connectivity index (χ4v) is 2.24. The van der Waals surface area contributed by atoms with Gasteiger partial charge in [-0.3, -0.25) is 4.79 Å². The summed E-state index contributed by atoms with van der Waals surface area (Å²) in [4.78, 5) is 14.0. The van der Waals surface area contributed by atoms with Crippen LogP contribution < -0.4 is 5.32 Å². The van der Waals surface area contributed by atoms with E-state index in [9.17, 15) is 4.79 Å². The Morgan fingerprint density at radius 1 is 1.35 bits per heavy atom. The highest BCUT2D eigenvalue weighted by Gasteiger charge is 2.15. The second kappa shape index (κ2) is 6.03. The Morgan fingerprint density at radius 3 is 3.06 bits per heavy atom. The number of carbonyl (C=O) groups is 1. The number of nitrogens with zero attached hydrogens (tertiary/aromatic N) is 1. The Labute approximate surface area is 107 Å². The second-order valence-corrected chi connectivity index (χ2v) is 4.73. The molecule has 0 bridgehead atoms. The smallest absolute Gasteiger partial charge is 0.227 e. The molecule has 0 radical (unpaired) electrons. The third-order valence-corrected chi connectivity index (χ3v) is 3.17. The van der Waals surface area contributed by atoms with Gasteiger partial charge in [0.05, 0.1) is 6.42 Å². The molecule has 1 fully saturated rings. The van der Waals surface area contributed by atoms with Crippen LogP contribution in [-0.4, -0.2) is 37.0 Å². The number of hydrogen-bond acceptors (Lipinski definition) is 2. The number of amides is 1. The first-order chi connectivity index (χ1) is 8.25. The molecule has 1 aliphatic rings. The Hall–Kier alpha value is -1.06. The van der Waals surface area contributed by atoms with Crippen LogP contribution in [0.25, 0.3) is 0 Å². The van der Waals surface area contributed by atoms with E-state index >= 15 is 0 Å². The lowest BCUT2D eigenvalue weighted by Crippen LogP contribution is -2.35. The summed E-state index contributed by atoms with van der Waals surface area (Å²) >= 11 is 5.91. The number of halogens is 1. The summed E-state index contributed by atoms with van der Waals surface area (Å²) in [5.41, 5.74) is 0.986. The highest BCUT2D eigenvalue weighted by atomic mass is 35.5. The molecular weight excluding hydrogens is 236 g/mol. The molecule has 1 N–H and O–H groups in total. The first kappa shape index (κ1) is 12.4. The van der Waals surface area contributed by atoms with Gasteiger partial charge in [0, 0.05) is 24.7 Å². The van der Waals surface area contributed by atoms with Crippen LogP contribution >= 0.6 is 11.6 Å². The molecule has 0 saturated carbocycles. The van der Waals surface area contributed by atoms with Crippen LogP contribution in [0.1, 0.15) is 12.0 Å². The zero-order valence-electron chi connectivity index (χ0n) is 9.79. The maximum absolute atomic E-state index is 12.1. The third-order valence-electron chi connectivity index (χ3n) is 2.94. The van der Waals surface area contributed by atoms with Gasteiger partial charge in [0.15, 0.2) is 0 Å². The first-order valence-corrected chi connectivity index (χ1v) is 6.36. The molecular formula is C13H17ClN2O. The van der Waals surface area contributed by atoms with Crippen LogP contribution in [0.5, 0.6) is 0 Å². The molecule has 0 unspecified atom stereocenters. The van der Waals surface area contributed by atoms with Crippen molar-refractivity contribution in [2.75, 3.05) is 26.2 Å². The standard InChI is InChI=1S/C13H17ClN2O/c14-12-4-1-3-11(9-12)10-13(17)16-7-2-5-15-6-8-16/h1,3-4,9,15H,2,5-8,10H2. The summed E-state index contributed by atoms with van der Waals surface area (Å²) in [6.07, 6.45) is 1.47. The second-order valence-electron chi connectivity index (χ2n) is 4.29. The molecule has 1 amide bonds. The number of benzene rings is 1. The van der Waals surface area contributed by atoms with Crippen molar-refractivity contribution in [1.82, 2.24) is 10.2 Å². The molecule has 92 valence electrons. The van der Waals surface area contributed by atoms with Gasteiger partial charge >= 0.3 is 0 Å². The molecule has 1 aromatic rings. The molecule has 1 saturated heterocycles. The van der Waals surface area contributed by atoms with E-state index in [2.05, 4.69) is 5.32 Å². The van der Waals surface area contributed by atoms with Crippen LogP contribution in [0, 0.1) is 0 Å². The number of carbonyl (C=O) groups excluding carboxylic acids is 1. The van der Waals surface area contributed by atoms with Gasteiger partial charge in [-0.05, 0) is 30.7 Å². The monoisotopic (exact) mass is 252 g/mol. The van der Waals surface area contributed by atoms with Crippen LogP contribution in [-0.2, 0) is 11.2 Å². The zero-order chi connectivity index (χ0) is 12.1. The van der Waals surface area contributed by atoms with Crippen molar-refractivity contribution in [3.63, 3.8) is 0 Å². The van der Waals surface area contributed by atoms with Crippen LogP contribution in [0.15, 0.2) is 24.3 Å².